The number of rotatable bonds is 14. The van der Waals surface area contributed by atoms with E-state index in [0.29, 0.717) is 24.4 Å². The van der Waals surface area contributed by atoms with Crippen LogP contribution in [0.25, 0.3) is 0 Å². The van der Waals surface area contributed by atoms with Gasteiger partial charge in [0.2, 0.25) is 11.8 Å². The number of nitrogens with one attached hydrogen (secondary N) is 1. The lowest BCUT2D eigenvalue weighted by molar-refractivity contribution is -0.140. The van der Waals surface area contributed by atoms with Crippen LogP contribution in [0, 0.1) is 13.8 Å². The van der Waals surface area contributed by atoms with Crippen LogP contribution in [0.1, 0.15) is 49.8 Å². The normalized spacial score (nSPS) is 11.9. The molecule has 0 fully saturated rings. The molecule has 1 atom stereocenters. The number of carbonyl (C=O) groups is 2. The second-order valence-corrected chi connectivity index (χ2v) is 12.0. The Hall–Kier alpha value is -3.85. The summed E-state index contributed by atoms with van der Waals surface area (Å²) in [6, 6.07) is 20.0. The summed E-state index contributed by atoms with van der Waals surface area (Å²) in [6.45, 7) is 7.98. The van der Waals surface area contributed by atoms with E-state index in [0.717, 1.165) is 33.8 Å². The molecule has 8 nitrogen and oxygen atoms in total. The van der Waals surface area contributed by atoms with E-state index in [1.807, 2.05) is 52.0 Å². The van der Waals surface area contributed by atoms with Gasteiger partial charge in [0.25, 0.3) is 10.0 Å². The van der Waals surface area contributed by atoms with Crippen LogP contribution in [0.4, 0.5) is 5.69 Å². The fraction of sp³-hybridized carbons (Fsp3) is 0.375. The lowest BCUT2D eigenvalue weighted by Gasteiger charge is -2.33. The Bertz CT molecular complexity index is 1410. The SMILES string of the molecule is CCCCNC(=O)[C@@H](CC)N(Cc1cccc(C)c1)C(=O)CN(c1ccc(C)cc1)S(=O)(=O)c1ccc(OC)cc1. The molecule has 1 N–H and O–H groups in total. The minimum Gasteiger partial charge on any atom is -0.497 e. The number of amides is 2. The molecule has 0 heterocycles. The van der Waals surface area contributed by atoms with Crippen molar-refractivity contribution in [1.29, 1.82) is 0 Å². The van der Waals surface area contributed by atoms with Crippen LogP contribution in [-0.2, 0) is 26.2 Å². The van der Waals surface area contributed by atoms with Crippen LogP contribution in [0.15, 0.2) is 77.7 Å². The molecule has 0 bridgehead atoms. The molecule has 2 amide bonds. The minimum atomic E-state index is -4.14. The number of carbonyl (C=O) groups excluding carboxylic acids is 2. The summed E-state index contributed by atoms with van der Waals surface area (Å²) in [5, 5.41) is 2.95. The summed E-state index contributed by atoms with van der Waals surface area (Å²) in [5.41, 5.74) is 3.20. The van der Waals surface area contributed by atoms with Gasteiger partial charge < -0.3 is 15.0 Å². The van der Waals surface area contributed by atoms with Gasteiger partial charge in [-0.25, -0.2) is 8.42 Å². The van der Waals surface area contributed by atoms with Crippen LogP contribution in [0.2, 0.25) is 0 Å². The van der Waals surface area contributed by atoms with E-state index in [-0.39, 0.29) is 17.3 Å². The van der Waals surface area contributed by atoms with E-state index < -0.39 is 28.5 Å². The predicted octanol–water partition coefficient (Wildman–Crippen LogP) is 5.23. The lowest BCUT2D eigenvalue weighted by Crippen LogP contribution is -2.52. The second kappa shape index (κ2) is 14.7. The Balaban J connectivity index is 2.03. The largest absolute Gasteiger partial charge is 0.497 e. The molecule has 0 saturated heterocycles. The maximum Gasteiger partial charge on any atom is 0.264 e. The number of aryl methyl sites for hydroxylation is 2. The van der Waals surface area contributed by atoms with Gasteiger partial charge in [-0.15, -0.1) is 0 Å². The molecular formula is C32H41N3O5S. The Morgan fingerprint density at radius 1 is 0.927 bits per heavy atom. The summed E-state index contributed by atoms with van der Waals surface area (Å²) in [5.74, 6) is -0.199. The van der Waals surface area contributed by atoms with Crippen molar-refractivity contribution in [3.63, 3.8) is 0 Å². The highest BCUT2D eigenvalue weighted by atomic mass is 32.2. The van der Waals surface area contributed by atoms with Gasteiger partial charge in [0.15, 0.2) is 0 Å². The smallest absolute Gasteiger partial charge is 0.264 e. The van der Waals surface area contributed by atoms with E-state index in [2.05, 4.69) is 5.32 Å². The predicted molar refractivity (Wildman–Crippen MR) is 162 cm³/mol. The molecule has 3 rings (SSSR count). The maximum absolute atomic E-state index is 14.1. The van der Waals surface area contributed by atoms with Crippen molar-refractivity contribution < 1.29 is 22.7 Å². The Kier molecular flexibility index (Phi) is 11.3. The summed E-state index contributed by atoms with van der Waals surface area (Å²) < 4.78 is 34.2. The van der Waals surface area contributed by atoms with Crippen molar-refractivity contribution in [3.8, 4) is 5.75 Å². The molecular weight excluding hydrogens is 538 g/mol. The van der Waals surface area contributed by atoms with Gasteiger partial charge in [-0.05, 0) is 68.7 Å². The molecule has 0 saturated carbocycles. The standard InChI is InChI=1S/C32H41N3O5S/c1-6-8-20-33-32(37)30(7-2)34(22-26-11-9-10-25(4)21-26)31(36)23-35(27-14-12-24(3)13-15-27)41(38,39)29-18-16-28(40-5)17-19-29/h9-19,21,30H,6-8,20,22-23H2,1-5H3,(H,33,37)/t30-/m1/s1. The molecule has 0 spiro atoms. The van der Waals surface area contributed by atoms with E-state index in [9.17, 15) is 18.0 Å². The Labute approximate surface area is 244 Å². The monoisotopic (exact) mass is 579 g/mol. The summed E-state index contributed by atoms with van der Waals surface area (Å²) in [6.07, 6.45) is 2.14. The van der Waals surface area contributed by atoms with Gasteiger partial charge in [0.05, 0.1) is 17.7 Å². The number of benzene rings is 3. The first kappa shape index (κ1) is 31.7. The molecule has 9 heteroatoms. The number of unbranched alkanes of at least 4 members (excludes halogenated alkanes) is 1. The highest BCUT2D eigenvalue weighted by molar-refractivity contribution is 7.92. The van der Waals surface area contributed by atoms with Crippen molar-refractivity contribution >= 4 is 27.5 Å². The molecule has 3 aromatic rings. The first-order valence-electron chi connectivity index (χ1n) is 14.0. The fourth-order valence-electron chi connectivity index (χ4n) is 4.55. The summed E-state index contributed by atoms with van der Waals surface area (Å²) >= 11 is 0. The van der Waals surface area contributed by atoms with Gasteiger partial charge >= 0.3 is 0 Å². The zero-order chi connectivity index (χ0) is 30.0. The summed E-state index contributed by atoms with van der Waals surface area (Å²) in [4.78, 5) is 28.9. The molecule has 0 aliphatic rings. The number of nitrogens with zero attached hydrogens (tertiary/aromatic N) is 2. The molecule has 0 aliphatic carbocycles. The van der Waals surface area contributed by atoms with E-state index >= 15 is 0 Å². The van der Waals surface area contributed by atoms with E-state index in [1.165, 1.54) is 24.1 Å². The zero-order valence-corrected chi connectivity index (χ0v) is 25.4. The highest BCUT2D eigenvalue weighted by Crippen LogP contribution is 2.26. The average molecular weight is 580 g/mol. The fourth-order valence-corrected chi connectivity index (χ4v) is 5.96. The number of hydrogen-bond acceptors (Lipinski definition) is 5. The first-order valence-corrected chi connectivity index (χ1v) is 15.4. The first-order chi connectivity index (χ1) is 19.6. The molecule has 0 unspecified atom stereocenters. The quantitative estimate of drug-likeness (QED) is 0.264. The second-order valence-electron chi connectivity index (χ2n) is 10.1. The van der Waals surface area contributed by atoms with E-state index in [1.54, 1.807) is 36.4 Å². The number of hydrogen-bond donors (Lipinski definition) is 1. The van der Waals surface area contributed by atoms with Gasteiger partial charge in [0.1, 0.15) is 18.3 Å². The van der Waals surface area contributed by atoms with Gasteiger partial charge in [0, 0.05) is 13.1 Å². The average Bonchev–Trinajstić information content (AvgIpc) is 2.96. The van der Waals surface area contributed by atoms with E-state index in [4.69, 9.17) is 4.74 Å². The summed E-state index contributed by atoms with van der Waals surface area (Å²) in [7, 11) is -2.63. The minimum absolute atomic E-state index is 0.0289. The molecule has 3 aromatic carbocycles. The van der Waals surface area contributed by atoms with Crippen LogP contribution in [-0.4, -0.2) is 51.4 Å². The van der Waals surface area contributed by atoms with Crippen LogP contribution < -0.4 is 14.4 Å². The molecule has 0 aromatic heterocycles. The number of methoxy groups -OCH3 is 1. The zero-order valence-electron chi connectivity index (χ0n) is 24.6. The molecule has 0 aliphatic heterocycles. The van der Waals surface area contributed by atoms with Crippen molar-refractivity contribution in [2.24, 2.45) is 0 Å². The lowest BCUT2D eigenvalue weighted by atomic mass is 10.1. The molecule has 41 heavy (non-hydrogen) atoms. The highest BCUT2D eigenvalue weighted by Gasteiger charge is 2.33. The molecule has 0 radical (unpaired) electrons. The van der Waals surface area contributed by atoms with Crippen molar-refractivity contribution in [3.05, 3.63) is 89.5 Å². The number of sulfonamides is 1. The topological polar surface area (TPSA) is 96.0 Å². The van der Waals surface area contributed by atoms with Crippen LogP contribution in [0.3, 0.4) is 0 Å². The third-order valence-corrected chi connectivity index (χ3v) is 8.69. The number of ether oxygens (including phenoxy) is 1. The van der Waals surface area contributed by atoms with Crippen LogP contribution >= 0.6 is 0 Å². The van der Waals surface area contributed by atoms with Gasteiger partial charge in [-0.3, -0.25) is 13.9 Å². The van der Waals surface area contributed by atoms with Crippen molar-refractivity contribution in [2.45, 2.75) is 64.4 Å². The van der Waals surface area contributed by atoms with Gasteiger partial charge in [-0.1, -0.05) is 67.8 Å². The van der Waals surface area contributed by atoms with Crippen LogP contribution in [0.5, 0.6) is 5.75 Å². The Morgan fingerprint density at radius 3 is 2.20 bits per heavy atom. The third-order valence-electron chi connectivity index (χ3n) is 6.90. The third kappa shape index (κ3) is 8.33. The molecule has 220 valence electrons. The maximum atomic E-state index is 14.1. The van der Waals surface area contributed by atoms with Crippen molar-refractivity contribution in [2.75, 3.05) is 24.5 Å². The van der Waals surface area contributed by atoms with Gasteiger partial charge in [-0.2, -0.15) is 0 Å². The van der Waals surface area contributed by atoms with Crippen molar-refractivity contribution in [1.82, 2.24) is 10.2 Å². The number of anilines is 1. The Morgan fingerprint density at radius 2 is 1.61 bits per heavy atom.